The highest BCUT2D eigenvalue weighted by Crippen LogP contribution is 2.36. The predicted octanol–water partition coefficient (Wildman–Crippen LogP) is 4.78. The smallest absolute Gasteiger partial charge is 0.136 e. The molecule has 3 aromatic rings. The lowest BCUT2D eigenvalue weighted by molar-refractivity contribution is 0.482. The largest absolute Gasteiger partial charge is 0.456 e. The molecule has 3 nitrogen and oxygen atoms in total. The molecule has 0 radical (unpaired) electrons. The van der Waals surface area contributed by atoms with E-state index in [1.54, 1.807) is 0 Å². The van der Waals surface area contributed by atoms with E-state index in [0.717, 1.165) is 34.4 Å². The topological polar surface area (TPSA) is 40.2 Å². The van der Waals surface area contributed by atoms with E-state index in [0.29, 0.717) is 16.6 Å². The molecule has 2 N–H and O–H groups in total. The molecule has 0 saturated carbocycles. The van der Waals surface area contributed by atoms with Gasteiger partial charge in [0.05, 0.1) is 10.5 Å². The molecule has 3 rings (SSSR count). The maximum Gasteiger partial charge on any atom is 0.136 e. The molecule has 0 aliphatic heterocycles. The van der Waals surface area contributed by atoms with Crippen LogP contribution in [0.25, 0.3) is 10.9 Å². The maximum absolute atomic E-state index is 6.27. The Balaban J connectivity index is 2.07. The Hall–Kier alpha value is -1.68. The van der Waals surface area contributed by atoms with Gasteiger partial charge in [-0.3, -0.25) is 0 Å². The second-order valence-corrected chi connectivity index (χ2v) is 5.97. The molecule has 0 unspecified atom stereocenters. The summed E-state index contributed by atoms with van der Waals surface area (Å²) in [5.74, 6) is 1.48. The average molecular weight is 335 g/mol. The van der Waals surface area contributed by atoms with Crippen molar-refractivity contribution < 1.29 is 4.74 Å². The minimum absolute atomic E-state index is 0.555. The standard InChI is InChI=1S/C17H16Cl2N2O/c1-21-9-7-13-15(5-4-14(19)17(13)21)22-16-10-12(18)3-2-11(16)6-8-20/h2-5,7,9-10H,6,8,20H2,1H3. The lowest BCUT2D eigenvalue weighted by atomic mass is 10.1. The van der Waals surface area contributed by atoms with Crippen molar-refractivity contribution in [3.63, 3.8) is 0 Å². The van der Waals surface area contributed by atoms with E-state index in [1.807, 2.05) is 54.2 Å². The van der Waals surface area contributed by atoms with E-state index in [1.165, 1.54) is 0 Å². The van der Waals surface area contributed by atoms with Crippen LogP contribution in [-0.2, 0) is 13.5 Å². The molecule has 0 amide bonds. The quantitative estimate of drug-likeness (QED) is 0.745. The van der Waals surface area contributed by atoms with Crippen LogP contribution in [0.15, 0.2) is 42.6 Å². The number of hydrogen-bond acceptors (Lipinski definition) is 2. The highest BCUT2D eigenvalue weighted by atomic mass is 35.5. The Kier molecular flexibility index (Phi) is 4.30. The van der Waals surface area contributed by atoms with Gasteiger partial charge < -0.3 is 15.0 Å². The normalized spacial score (nSPS) is 11.1. The van der Waals surface area contributed by atoms with Crippen LogP contribution in [0.3, 0.4) is 0 Å². The van der Waals surface area contributed by atoms with Crippen LogP contribution in [0.5, 0.6) is 11.5 Å². The molecule has 0 aliphatic carbocycles. The summed E-state index contributed by atoms with van der Waals surface area (Å²) in [6.45, 7) is 0.555. The van der Waals surface area contributed by atoms with Crippen molar-refractivity contribution in [2.75, 3.05) is 6.54 Å². The first-order valence-corrected chi connectivity index (χ1v) is 7.75. The highest BCUT2D eigenvalue weighted by Gasteiger charge is 2.12. The van der Waals surface area contributed by atoms with Gasteiger partial charge in [-0.2, -0.15) is 0 Å². The predicted molar refractivity (Wildman–Crippen MR) is 92.2 cm³/mol. The van der Waals surface area contributed by atoms with E-state index >= 15 is 0 Å². The van der Waals surface area contributed by atoms with Crippen LogP contribution in [0.4, 0.5) is 0 Å². The van der Waals surface area contributed by atoms with Gasteiger partial charge in [-0.25, -0.2) is 0 Å². The summed E-state index contributed by atoms with van der Waals surface area (Å²) in [4.78, 5) is 0. The van der Waals surface area contributed by atoms with Gasteiger partial charge in [0, 0.05) is 23.7 Å². The molecule has 0 bridgehead atoms. The molecule has 0 fully saturated rings. The van der Waals surface area contributed by atoms with Crippen LogP contribution < -0.4 is 10.5 Å². The molecule has 0 saturated heterocycles. The summed E-state index contributed by atoms with van der Waals surface area (Å²) in [5, 5.41) is 2.30. The van der Waals surface area contributed by atoms with Crippen LogP contribution >= 0.6 is 23.2 Å². The number of rotatable bonds is 4. The average Bonchev–Trinajstić information content (AvgIpc) is 2.88. The molecule has 2 aromatic carbocycles. The zero-order valence-corrected chi connectivity index (χ0v) is 13.7. The summed E-state index contributed by atoms with van der Waals surface area (Å²) in [5.41, 5.74) is 7.64. The van der Waals surface area contributed by atoms with Gasteiger partial charge in [-0.05, 0) is 48.9 Å². The lowest BCUT2D eigenvalue weighted by Crippen LogP contribution is -2.04. The highest BCUT2D eigenvalue weighted by molar-refractivity contribution is 6.35. The van der Waals surface area contributed by atoms with Gasteiger partial charge in [-0.15, -0.1) is 0 Å². The number of halogens is 2. The van der Waals surface area contributed by atoms with Crippen molar-refractivity contribution >= 4 is 34.1 Å². The van der Waals surface area contributed by atoms with Crippen molar-refractivity contribution in [1.29, 1.82) is 0 Å². The summed E-state index contributed by atoms with van der Waals surface area (Å²) in [6.07, 6.45) is 2.69. The Morgan fingerprint density at radius 2 is 1.91 bits per heavy atom. The Labute approximate surface area is 139 Å². The first-order valence-electron chi connectivity index (χ1n) is 7.00. The van der Waals surface area contributed by atoms with Gasteiger partial charge in [-0.1, -0.05) is 29.3 Å². The number of fused-ring (bicyclic) bond motifs is 1. The third-order valence-corrected chi connectivity index (χ3v) is 4.15. The van der Waals surface area contributed by atoms with Crippen molar-refractivity contribution in [1.82, 2.24) is 4.57 Å². The van der Waals surface area contributed by atoms with E-state index in [-0.39, 0.29) is 0 Å². The Morgan fingerprint density at radius 1 is 1.09 bits per heavy atom. The first kappa shape index (κ1) is 15.2. The minimum atomic E-state index is 0.555. The summed E-state index contributed by atoms with van der Waals surface area (Å²) in [7, 11) is 1.96. The van der Waals surface area contributed by atoms with Crippen molar-refractivity contribution in [2.24, 2.45) is 12.8 Å². The fourth-order valence-corrected chi connectivity index (χ4v) is 3.00. The van der Waals surface area contributed by atoms with Gasteiger partial charge >= 0.3 is 0 Å². The van der Waals surface area contributed by atoms with Crippen LogP contribution in [0, 0.1) is 0 Å². The molecule has 0 spiro atoms. The van der Waals surface area contributed by atoms with Gasteiger partial charge in [0.1, 0.15) is 11.5 Å². The Morgan fingerprint density at radius 3 is 2.68 bits per heavy atom. The number of ether oxygens (including phenoxy) is 1. The summed E-state index contributed by atoms with van der Waals surface area (Å²) in [6, 6.07) is 11.3. The lowest BCUT2D eigenvalue weighted by Gasteiger charge is -2.13. The van der Waals surface area contributed by atoms with Crippen LogP contribution in [0.1, 0.15) is 5.56 Å². The molecule has 0 atom stereocenters. The number of nitrogens with two attached hydrogens (primary N) is 1. The Bertz CT molecular complexity index is 827. The monoisotopic (exact) mass is 334 g/mol. The van der Waals surface area contributed by atoms with Crippen LogP contribution in [0.2, 0.25) is 10.0 Å². The molecule has 1 aromatic heterocycles. The van der Waals surface area contributed by atoms with E-state index in [4.69, 9.17) is 33.7 Å². The second kappa shape index (κ2) is 6.21. The summed E-state index contributed by atoms with van der Waals surface area (Å²) >= 11 is 12.4. The number of benzene rings is 2. The summed E-state index contributed by atoms with van der Waals surface area (Å²) < 4.78 is 8.09. The van der Waals surface area contributed by atoms with Gasteiger partial charge in [0.25, 0.3) is 0 Å². The fourth-order valence-electron chi connectivity index (χ4n) is 2.54. The van der Waals surface area contributed by atoms with Crippen molar-refractivity contribution in [3.05, 3.63) is 58.2 Å². The SMILES string of the molecule is Cn1ccc2c(Oc3cc(Cl)ccc3CCN)ccc(Cl)c21. The van der Waals surface area contributed by atoms with Crippen molar-refractivity contribution in [2.45, 2.75) is 6.42 Å². The zero-order valence-electron chi connectivity index (χ0n) is 12.1. The zero-order chi connectivity index (χ0) is 15.7. The van der Waals surface area contributed by atoms with Crippen LogP contribution in [-0.4, -0.2) is 11.1 Å². The molecular weight excluding hydrogens is 319 g/mol. The van der Waals surface area contributed by atoms with Crippen molar-refractivity contribution in [3.8, 4) is 11.5 Å². The van der Waals surface area contributed by atoms with E-state index < -0.39 is 0 Å². The molecule has 1 heterocycles. The number of nitrogens with zero attached hydrogens (tertiary/aromatic N) is 1. The number of hydrogen-bond donors (Lipinski definition) is 1. The van der Waals surface area contributed by atoms with E-state index in [2.05, 4.69) is 0 Å². The molecule has 114 valence electrons. The molecule has 5 heteroatoms. The maximum atomic E-state index is 6.27. The van der Waals surface area contributed by atoms with Gasteiger partial charge in [0.2, 0.25) is 0 Å². The minimum Gasteiger partial charge on any atom is -0.456 e. The molecular formula is C17H16Cl2N2O. The number of aryl methyl sites for hydroxylation is 1. The third kappa shape index (κ3) is 2.80. The second-order valence-electron chi connectivity index (χ2n) is 5.13. The van der Waals surface area contributed by atoms with Gasteiger partial charge in [0.15, 0.2) is 0 Å². The first-order chi connectivity index (χ1) is 10.6. The fraction of sp³-hybridized carbons (Fsp3) is 0.176. The third-order valence-electron chi connectivity index (χ3n) is 3.61. The molecule has 22 heavy (non-hydrogen) atoms. The molecule has 0 aliphatic rings. The number of aromatic nitrogens is 1. The van der Waals surface area contributed by atoms with E-state index in [9.17, 15) is 0 Å².